The maximum Gasteiger partial charge on any atom is 0.0593 e. The standard InChI is InChI=1S/C19H39N3O/c1-17(2)21-8-6-18(7-9-21)16-23-15-14-20-10-12-22(13-11-20)19(3,4)5/h17-18H,6-16H2,1-5H3. The number of hydrogen-bond acceptors (Lipinski definition) is 4. The summed E-state index contributed by atoms with van der Waals surface area (Å²) in [5.74, 6) is 0.780. The van der Waals surface area contributed by atoms with E-state index < -0.39 is 0 Å². The summed E-state index contributed by atoms with van der Waals surface area (Å²) in [6.07, 6.45) is 2.62. The second-order valence-electron chi connectivity index (χ2n) is 8.65. The molecule has 2 heterocycles. The average molecular weight is 326 g/mol. The third kappa shape index (κ3) is 6.33. The fourth-order valence-electron chi connectivity index (χ4n) is 3.72. The summed E-state index contributed by atoms with van der Waals surface area (Å²) in [6, 6.07) is 0.698. The molecule has 136 valence electrons. The molecule has 0 aliphatic carbocycles. The summed E-state index contributed by atoms with van der Waals surface area (Å²) in [7, 11) is 0. The van der Waals surface area contributed by atoms with Crippen molar-refractivity contribution in [1.29, 1.82) is 0 Å². The molecular weight excluding hydrogens is 286 g/mol. The summed E-state index contributed by atoms with van der Waals surface area (Å²) >= 11 is 0. The van der Waals surface area contributed by atoms with Gasteiger partial charge >= 0.3 is 0 Å². The molecule has 2 saturated heterocycles. The molecule has 0 aromatic heterocycles. The van der Waals surface area contributed by atoms with Crippen LogP contribution in [0.2, 0.25) is 0 Å². The molecule has 0 atom stereocenters. The summed E-state index contributed by atoms with van der Waals surface area (Å²) < 4.78 is 5.99. The van der Waals surface area contributed by atoms with Gasteiger partial charge in [-0.2, -0.15) is 0 Å². The van der Waals surface area contributed by atoms with E-state index in [1.165, 1.54) is 52.1 Å². The number of piperidine rings is 1. The Balaban J connectivity index is 1.52. The highest BCUT2D eigenvalue weighted by atomic mass is 16.5. The fourth-order valence-corrected chi connectivity index (χ4v) is 3.72. The number of likely N-dealkylation sites (tertiary alicyclic amines) is 1. The Hall–Kier alpha value is -0.160. The zero-order chi connectivity index (χ0) is 16.9. The maximum absolute atomic E-state index is 5.99. The van der Waals surface area contributed by atoms with Gasteiger partial charge in [0, 0.05) is 50.9 Å². The van der Waals surface area contributed by atoms with Crippen molar-refractivity contribution in [3.8, 4) is 0 Å². The lowest BCUT2D eigenvalue weighted by atomic mass is 9.97. The van der Waals surface area contributed by atoms with E-state index >= 15 is 0 Å². The van der Waals surface area contributed by atoms with Crippen LogP contribution in [0.5, 0.6) is 0 Å². The Morgan fingerprint density at radius 3 is 2.09 bits per heavy atom. The largest absolute Gasteiger partial charge is 0.380 e. The van der Waals surface area contributed by atoms with Gasteiger partial charge in [-0.1, -0.05) is 0 Å². The van der Waals surface area contributed by atoms with Crippen LogP contribution in [-0.2, 0) is 4.74 Å². The molecule has 0 spiro atoms. The second-order valence-corrected chi connectivity index (χ2v) is 8.65. The molecule has 0 amide bonds. The molecule has 2 rings (SSSR count). The zero-order valence-corrected chi connectivity index (χ0v) is 16.2. The minimum atomic E-state index is 0.313. The van der Waals surface area contributed by atoms with E-state index in [2.05, 4.69) is 49.3 Å². The molecule has 0 unspecified atom stereocenters. The second kappa shape index (κ2) is 8.80. The van der Waals surface area contributed by atoms with E-state index in [0.29, 0.717) is 11.6 Å². The highest BCUT2D eigenvalue weighted by molar-refractivity contribution is 4.81. The summed E-state index contributed by atoms with van der Waals surface area (Å²) in [5, 5.41) is 0. The monoisotopic (exact) mass is 325 g/mol. The molecule has 0 saturated carbocycles. The van der Waals surface area contributed by atoms with Gasteiger partial charge < -0.3 is 9.64 Å². The van der Waals surface area contributed by atoms with E-state index in [9.17, 15) is 0 Å². The molecule has 0 radical (unpaired) electrons. The van der Waals surface area contributed by atoms with Crippen LogP contribution >= 0.6 is 0 Å². The number of rotatable bonds is 6. The highest BCUT2D eigenvalue weighted by Crippen LogP contribution is 2.19. The molecule has 0 aromatic rings. The van der Waals surface area contributed by atoms with Gasteiger partial charge in [0.05, 0.1) is 6.61 Å². The molecule has 2 aliphatic heterocycles. The van der Waals surface area contributed by atoms with Crippen molar-refractivity contribution >= 4 is 0 Å². The zero-order valence-electron chi connectivity index (χ0n) is 16.2. The van der Waals surface area contributed by atoms with E-state index in [0.717, 1.165) is 25.7 Å². The van der Waals surface area contributed by atoms with Crippen molar-refractivity contribution in [2.75, 3.05) is 59.0 Å². The minimum Gasteiger partial charge on any atom is -0.380 e. The van der Waals surface area contributed by atoms with Crippen LogP contribution in [0.25, 0.3) is 0 Å². The number of hydrogen-bond donors (Lipinski definition) is 0. The van der Waals surface area contributed by atoms with Gasteiger partial charge in [-0.05, 0) is 66.5 Å². The first kappa shape index (κ1) is 19.2. The Kier molecular flexibility index (Phi) is 7.33. The molecule has 2 fully saturated rings. The van der Waals surface area contributed by atoms with Crippen LogP contribution in [0.15, 0.2) is 0 Å². The van der Waals surface area contributed by atoms with E-state index in [1.807, 2.05) is 0 Å². The third-order valence-corrected chi connectivity index (χ3v) is 5.61. The van der Waals surface area contributed by atoms with Crippen molar-refractivity contribution in [2.45, 2.75) is 59.0 Å². The molecule has 4 nitrogen and oxygen atoms in total. The molecule has 2 aliphatic rings. The maximum atomic E-state index is 5.99. The first-order valence-electron chi connectivity index (χ1n) is 9.65. The predicted molar refractivity (Wildman–Crippen MR) is 98.0 cm³/mol. The molecule has 0 aromatic carbocycles. The SMILES string of the molecule is CC(C)N1CCC(COCCN2CCN(C(C)(C)C)CC2)CC1. The first-order chi connectivity index (χ1) is 10.9. The molecule has 23 heavy (non-hydrogen) atoms. The van der Waals surface area contributed by atoms with Crippen molar-refractivity contribution in [3.05, 3.63) is 0 Å². The van der Waals surface area contributed by atoms with Crippen LogP contribution in [0, 0.1) is 5.92 Å². The third-order valence-electron chi connectivity index (χ3n) is 5.61. The highest BCUT2D eigenvalue weighted by Gasteiger charge is 2.25. The predicted octanol–water partition coefficient (Wildman–Crippen LogP) is 2.54. The van der Waals surface area contributed by atoms with Crippen LogP contribution in [0.3, 0.4) is 0 Å². The Labute approximate surface area is 144 Å². The number of piperazine rings is 1. The molecule has 4 heteroatoms. The van der Waals surface area contributed by atoms with Gasteiger partial charge in [0.15, 0.2) is 0 Å². The molecule has 0 N–H and O–H groups in total. The van der Waals surface area contributed by atoms with E-state index in [-0.39, 0.29) is 0 Å². The average Bonchev–Trinajstić information content (AvgIpc) is 2.51. The van der Waals surface area contributed by atoms with Crippen molar-refractivity contribution in [3.63, 3.8) is 0 Å². The minimum absolute atomic E-state index is 0.313. The van der Waals surface area contributed by atoms with Gasteiger partial charge in [-0.15, -0.1) is 0 Å². The van der Waals surface area contributed by atoms with Crippen LogP contribution < -0.4 is 0 Å². The number of ether oxygens (including phenoxy) is 1. The van der Waals surface area contributed by atoms with Gasteiger partial charge in [-0.3, -0.25) is 9.80 Å². The Morgan fingerprint density at radius 2 is 1.57 bits per heavy atom. The summed E-state index contributed by atoms with van der Waals surface area (Å²) in [6.45, 7) is 21.8. The smallest absolute Gasteiger partial charge is 0.0593 e. The molecular formula is C19H39N3O. The van der Waals surface area contributed by atoms with Gasteiger partial charge in [0.25, 0.3) is 0 Å². The molecule has 0 bridgehead atoms. The van der Waals surface area contributed by atoms with Crippen LogP contribution in [-0.4, -0.2) is 85.3 Å². The van der Waals surface area contributed by atoms with Crippen molar-refractivity contribution in [2.24, 2.45) is 5.92 Å². The van der Waals surface area contributed by atoms with Gasteiger partial charge in [0.1, 0.15) is 0 Å². The Bertz CT molecular complexity index is 324. The van der Waals surface area contributed by atoms with Gasteiger partial charge in [0.2, 0.25) is 0 Å². The normalized spacial score (nSPS) is 23.7. The van der Waals surface area contributed by atoms with Crippen LogP contribution in [0.1, 0.15) is 47.5 Å². The van der Waals surface area contributed by atoms with Gasteiger partial charge in [-0.25, -0.2) is 0 Å². The first-order valence-corrected chi connectivity index (χ1v) is 9.65. The quantitative estimate of drug-likeness (QED) is 0.699. The number of nitrogens with zero attached hydrogens (tertiary/aromatic N) is 3. The lowest BCUT2D eigenvalue weighted by molar-refractivity contribution is 0.0251. The lowest BCUT2D eigenvalue weighted by Crippen LogP contribution is -2.53. The van der Waals surface area contributed by atoms with E-state index in [4.69, 9.17) is 4.74 Å². The lowest BCUT2D eigenvalue weighted by Gasteiger charge is -2.42. The van der Waals surface area contributed by atoms with E-state index in [1.54, 1.807) is 0 Å². The van der Waals surface area contributed by atoms with Crippen molar-refractivity contribution < 1.29 is 4.74 Å². The fraction of sp³-hybridized carbons (Fsp3) is 1.00. The summed E-state index contributed by atoms with van der Waals surface area (Å²) in [5.41, 5.74) is 0.313. The van der Waals surface area contributed by atoms with Crippen LogP contribution in [0.4, 0.5) is 0 Å². The Morgan fingerprint density at radius 1 is 0.957 bits per heavy atom. The topological polar surface area (TPSA) is 19.0 Å². The van der Waals surface area contributed by atoms with Crippen molar-refractivity contribution in [1.82, 2.24) is 14.7 Å². The summed E-state index contributed by atoms with van der Waals surface area (Å²) in [4.78, 5) is 7.74.